The van der Waals surface area contributed by atoms with E-state index in [0.717, 1.165) is 11.0 Å². The Morgan fingerprint density at radius 3 is 2.67 bits per heavy atom. The maximum Gasteiger partial charge on any atom is 0.416 e. The summed E-state index contributed by atoms with van der Waals surface area (Å²) < 4.78 is 49.6. The molecule has 1 aromatic heterocycles. The molecule has 0 spiro atoms. The number of likely N-dealkylation sites (N-methyl/N-ethyl adjacent to an activating group) is 1. The molecule has 0 N–H and O–H groups in total. The third-order valence-electron chi connectivity index (χ3n) is 4.52. The first-order valence-electron chi connectivity index (χ1n) is 8.66. The van der Waals surface area contributed by atoms with E-state index in [1.165, 1.54) is 38.1 Å². The maximum atomic E-state index is 13.2. The summed E-state index contributed by atoms with van der Waals surface area (Å²) in [6.07, 6.45) is -5.59. The number of halogens is 4. The predicted molar refractivity (Wildman–Crippen MR) is 103 cm³/mol. The number of carbonyl (C=O) groups is 2. The number of carbonyl (C=O) groups excluding carboxylic acids is 2. The summed E-state index contributed by atoms with van der Waals surface area (Å²) in [7, 11) is 2.87. The van der Waals surface area contributed by atoms with E-state index in [1.54, 1.807) is 6.07 Å². The van der Waals surface area contributed by atoms with Crippen molar-refractivity contribution >= 4 is 35.1 Å². The summed E-state index contributed by atoms with van der Waals surface area (Å²) in [5, 5.41) is 0.340. The lowest BCUT2D eigenvalue weighted by Gasteiger charge is -2.26. The molecule has 0 aliphatic carbocycles. The largest absolute Gasteiger partial charge is 0.495 e. The Kier molecular flexibility index (Phi) is 5.80. The second-order valence-electron chi connectivity index (χ2n) is 6.53. The molecule has 0 bridgehead atoms. The van der Waals surface area contributed by atoms with Crippen LogP contribution in [0.5, 0.6) is 5.75 Å². The second-order valence-corrected chi connectivity index (χ2v) is 6.94. The van der Waals surface area contributed by atoms with Gasteiger partial charge < -0.3 is 14.4 Å². The van der Waals surface area contributed by atoms with Gasteiger partial charge in [0.1, 0.15) is 18.2 Å². The lowest BCUT2D eigenvalue weighted by atomic mass is 10.2. The SMILES string of the molecule is COc1cc(N(C)C(=O)C2COC(=O)N2c2cc(C(F)(F)F)cc(C)n2)ccc1Cl. The minimum atomic E-state index is -4.64. The van der Waals surface area contributed by atoms with Gasteiger partial charge in [-0.3, -0.25) is 4.79 Å². The molecule has 2 amide bonds. The number of anilines is 2. The number of nitrogens with zero attached hydrogens (tertiary/aromatic N) is 3. The zero-order chi connectivity index (χ0) is 22.2. The summed E-state index contributed by atoms with van der Waals surface area (Å²) in [4.78, 5) is 31.4. The van der Waals surface area contributed by atoms with Gasteiger partial charge in [0.2, 0.25) is 0 Å². The highest BCUT2D eigenvalue weighted by atomic mass is 35.5. The highest BCUT2D eigenvalue weighted by Crippen LogP contribution is 2.34. The molecule has 1 saturated heterocycles. The fraction of sp³-hybridized carbons (Fsp3) is 0.316. The summed E-state index contributed by atoms with van der Waals surface area (Å²) in [5.74, 6) is -0.563. The highest BCUT2D eigenvalue weighted by molar-refractivity contribution is 6.32. The molecule has 2 aromatic rings. The maximum absolute atomic E-state index is 13.2. The highest BCUT2D eigenvalue weighted by Gasteiger charge is 2.43. The van der Waals surface area contributed by atoms with Crippen molar-refractivity contribution in [3.05, 3.63) is 46.6 Å². The number of benzene rings is 1. The Balaban J connectivity index is 1.95. The van der Waals surface area contributed by atoms with Crippen LogP contribution >= 0.6 is 11.6 Å². The van der Waals surface area contributed by atoms with Crippen molar-refractivity contribution in [2.75, 3.05) is 30.6 Å². The molecule has 1 aliphatic heterocycles. The number of methoxy groups -OCH3 is 1. The van der Waals surface area contributed by atoms with Crippen molar-refractivity contribution in [1.82, 2.24) is 4.98 Å². The van der Waals surface area contributed by atoms with Crippen molar-refractivity contribution in [2.24, 2.45) is 0 Å². The van der Waals surface area contributed by atoms with Gasteiger partial charge >= 0.3 is 12.3 Å². The van der Waals surface area contributed by atoms with Gasteiger partial charge in [-0.25, -0.2) is 14.7 Å². The monoisotopic (exact) mass is 443 g/mol. The first-order valence-corrected chi connectivity index (χ1v) is 9.03. The van der Waals surface area contributed by atoms with Gasteiger partial charge in [0.15, 0.2) is 6.04 Å². The lowest BCUT2D eigenvalue weighted by Crippen LogP contribution is -2.47. The van der Waals surface area contributed by atoms with Gasteiger partial charge in [0.05, 0.1) is 17.7 Å². The van der Waals surface area contributed by atoms with E-state index in [1.807, 2.05) is 0 Å². The molecule has 1 fully saturated rings. The van der Waals surface area contributed by atoms with E-state index in [0.29, 0.717) is 22.5 Å². The lowest BCUT2D eigenvalue weighted by molar-refractivity contribution is -0.137. The van der Waals surface area contributed by atoms with E-state index in [9.17, 15) is 22.8 Å². The number of pyridine rings is 1. The van der Waals surface area contributed by atoms with Gasteiger partial charge in [-0.05, 0) is 31.2 Å². The van der Waals surface area contributed by atoms with Gasteiger partial charge in [-0.15, -0.1) is 0 Å². The van der Waals surface area contributed by atoms with Crippen molar-refractivity contribution in [3.63, 3.8) is 0 Å². The Labute approximate surface area is 174 Å². The quantitative estimate of drug-likeness (QED) is 0.712. The minimum Gasteiger partial charge on any atom is -0.495 e. The minimum absolute atomic E-state index is 0.0431. The van der Waals surface area contributed by atoms with Crippen LogP contribution in [0.4, 0.5) is 29.5 Å². The molecule has 1 aliphatic rings. The number of amides is 2. The third kappa shape index (κ3) is 4.13. The van der Waals surface area contributed by atoms with Crippen LogP contribution in [0.25, 0.3) is 0 Å². The molecule has 3 rings (SSSR count). The van der Waals surface area contributed by atoms with Crippen LogP contribution in [-0.4, -0.2) is 43.8 Å². The van der Waals surface area contributed by atoms with Crippen LogP contribution in [0.3, 0.4) is 0 Å². The normalized spacial score (nSPS) is 16.4. The Morgan fingerprint density at radius 2 is 2.03 bits per heavy atom. The van der Waals surface area contributed by atoms with Gasteiger partial charge in [-0.2, -0.15) is 13.2 Å². The fourth-order valence-electron chi connectivity index (χ4n) is 3.00. The fourth-order valence-corrected chi connectivity index (χ4v) is 3.20. The number of hydrogen-bond acceptors (Lipinski definition) is 5. The first-order chi connectivity index (χ1) is 14.0. The molecule has 30 heavy (non-hydrogen) atoms. The summed E-state index contributed by atoms with van der Waals surface area (Å²) in [6, 6.07) is 5.00. The van der Waals surface area contributed by atoms with E-state index in [4.69, 9.17) is 21.1 Å². The van der Waals surface area contributed by atoms with Gasteiger partial charge in [0, 0.05) is 24.5 Å². The number of aryl methyl sites for hydroxylation is 1. The molecular formula is C19H17ClF3N3O4. The predicted octanol–water partition coefficient (Wildman–Crippen LogP) is 4.06. The van der Waals surface area contributed by atoms with Crippen LogP contribution in [-0.2, 0) is 15.7 Å². The zero-order valence-corrected chi connectivity index (χ0v) is 16.9. The van der Waals surface area contributed by atoms with Crippen molar-refractivity contribution < 1.29 is 32.2 Å². The van der Waals surface area contributed by atoms with Gasteiger partial charge in [-0.1, -0.05) is 11.6 Å². The first kappa shape index (κ1) is 21.7. The number of rotatable bonds is 4. The standard InChI is InChI=1S/C19H17ClF3N3O4/c1-10-6-11(19(21,22)23)7-16(24-10)26-14(9-30-18(26)28)17(27)25(2)12-4-5-13(20)15(8-12)29-3/h4-8,14H,9H2,1-3H3. The molecule has 1 aromatic carbocycles. The van der Waals surface area contributed by atoms with Crippen LogP contribution in [0.1, 0.15) is 11.3 Å². The van der Waals surface area contributed by atoms with E-state index >= 15 is 0 Å². The zero-order valence-electron chi connectivity index (χ0n) is 16.2. The number of alkyl halides is 3. The Hall–Kier alpha value is -3.01. The third-order valence-corrected chi connectivity index (χ3v) is 4.84. The topological polar surface area (TPSA) is 72.0 Å². The molecule has 0 saturated carbocycles. The van der Waals surface area contributed by atoms with Crippen LogP contribution in [0.2, 0.25) is 5.02 Å². The van der Waals surface area contributed by atoms with Crippen LogP contribution < -0.4 is 14.5 Å². The van der Waals surface area contributed by atoms with E-state index < -0.39 is 29.8 Å². The summed E-state index contributed by atoms with van der Waals surface area (Å²) in [5.41, 5.74) is -0.526. The Morgan fingerprint density at radius 1 is 1.33 bits per heavy atom. The average Bonchev–Trinajstić information content (AvgIpc) is 3.07. The van der Waals surface area contributed by atoms with E-state index in [-0.39, 0.29) is 18.1 Å². The molecule has 11 heteroatoms. The molecule has 1 atom stereocenters. The van der Waals surface area contributed by atoms with Crippen LogP contribution in [0.15, 0.2) is 30.3 Å². The molecule has 7 nitrogen and oxygen atoms in total. The van der Waals surface area contributed by atoms with Crippen molar-refractivity contribution in [2.45, 2.75) is 19.1 Å². The summed E-state index contributed by atoms with van der Waals surface area (Å²) >= 11 is 5.99. The number of ether oxygens (including phenoxy) is 2. The molecular weight excluding hydrogens is 427 g/mol. The van der Waals surface area contributed by atoms with Crippen molar-refractivity contribution in [1.29, 1.82) is 0 Å². The van der Waals surface area contributed by atoms with Gasteiger partial charge in [0.25, 0.3) is 5.91 Å². The molecule has 2 heterocycles. The van der Waals surface area contributed by atoms with E-state index in [2.05, 4.69) is 4.98 Å². The number of cyclic esters (lactones) is 1. The average molecular weight is 444 g/mol. The molecule has 1 unspecified atom stereocenters. The second kappa shape index (κ2) is 8.02. The molecule has 160 valence electrons. The number of aromatic nitrogens is 1. The molecule has 0 radical (unpaired) electrons. The smallest absolute Gasteiger partial charge is 0.416 e. The van der Waals surface area contributed by atoms with Crippen molar-refractivity contribution in [3.8, 4) is 5.75 Å². The summed E-state index contributed by atoms with van der Waals surface area (Å²) in [6.45, 7) is 1.03. The van der Waals surface area contributed by atoms with Crippen LogP contribution in [0, 0.1) is 6.92 Å². The Bertz CT molecular complexity index is 999. The number of hydrogen-bond donors (Lipinski definition) is 0.